The van der Waals surface area contributed by atoms with Gasteiger partial charge in [-0.1, -0.05) is 19.0 Å². The lowest BCUT2D eigenvalue weighted by atomic mass is 10.0. The van der Waals surface area contributed by atoms with Crippen LogP contribution in [0.3, 0.4) is 0 Å². The standard InChI is InChI=1S/C14H26N4O2.HI/c1-5-19-13(11(2)3)6-8-16-14(15-4)17-10-12-7-9-20-18-12;/h7,9,11,13H,5-6,8,10H2,1-4H3,(H2,15,16,17);1H. The number of aromatic nitrogens is 1. The molecule has 1 aromatic rings. The Morgan fingerprint density at radius 3 is 2.71 bits per heavy atom. The van der Waals surface area contributed by atoms with E-state index in [1.54, 1.807) is 13.3 Å². The molecule has 1 atom stereocenters. The predicted molar refractivity (Wildman–Crippen MR) is 95.0 cm³/mol. The van der Waals surface area contributed by atoms with Crippen molar-refractivity contribution < 1.29 is 9.26 Å². The first kappa shape index (κ1) is 20.2. The molecule has 1 heterocycles. The van der Waals surface area contributed by atoms with Crippen LogP contribution in [-0.2, 0) is 11.3 Å². The molecule has 0 aliphatic heterocycles. The average Bonchev–Trinajstić information content (AvgIpc) is 2.94. The molecule has 0 fully saturated rings. The third-order valence-corrected chi connectivity index (χ3v) is 3.00. The minimum absolute atomic E-state index is 0. The molecule has 0 bridgehead atoms. The predicted octanol–water partition coefficient (Wildman–Crippen LogP) is 2.41. The molecule has 6 nitrogen and oxygen atoms in total. The van der Waals surface area contributed by atoms with Crippen LogP contribution in [0.25, 0.3) is 0 Å². The molecule has 7 heteroatoms. The SMILES string of the molecule is CCOC(CCNC(=NC)NCc1ccon1)C(C)C.I. The highest BCUT2D eigenvalue weighted by Gasteiger charge is 2.12. The Labute approximate surface area is 144 Å². The molecular formula is C14H27IN4O2. The zero-order valence-electron chi connectivity index (χ0n) is 13.3. The minimum atomic E-state index is 0. The van der Waals surface area contributed by atoms with E-state index < -0.39 is 0 Å². The number of hydrogen-bond acceptors (Lipinski definition) is 4. The highest BCUT2D eigenvalue weighted by molar-refractivity contribution is 14.0. The largest absolute Gasteiger partial charge is 0.378 e. The van der Waals surface area contributed by atoms with Gasteiger partial charge in [-0.05, 0) is 19.3 Å². The van der Waals surface area contributed by atoms with Gasteiger partial charge in [0.05, 0.1) is 12.6 Å². The first-order chi connectivity index (χ1) is 9.67. The lowest BCUT2D eigenvalue weighted by molar-refractivity contribution is 0.0258. The Balaban J connectivity index is 0.00000400. The summed E-state index contributed by atoms with van der Waals surface area (Å²) in [6.07, 6.45) is 2.79. The second-order valence-corrected chi connectivity index (χ2v) is 4.87. The van der Waals surface area contributed by atoms with Gasteiger partial charge in [-0.2, -0.15) is 0 Å². The smallest absolute Gasteiger partial charge is 0.191 e. The maximum absolute atomic E-state index is 5.72. The van der Waals surface area contributed by atoms with Crippen LogP contribution in [0.2, 0.25) is 0 Å². The van der Waals surface area contributed by atoms with Crippen LogP contribution in [0, 0.1) is 5.92 Å². The number of nitrogens with one attached hydrogen (secondary N) is 2. The fraction of sp³-hybridized carbons (Fsp3) is 0.714. The summed E-state index contributed by atoms with van der Waals surface area (Å²) < 4.78 is 10.5. The molecular weight excluding hydrogens is 383 g/mol. The fourth-order valence-corrected chi connectivity index (χ4v) is 1.88. The van der Waals surface area contributed by atoms with E-state index in [9.17, 15) is 0 Å². The van der Waals surface area contributed by atoms with E-state index in [4.69, 9.17) is 9.26 Å². The lowest BCUT2D eigenvalue weighted by Crippen LogP contribution is -2.39. The van der Waals surface area contributed by atoms with Crippen LogP contribution in [0.4, 0.5) is 0 Å². The van der Waals surface area contributed by atoms with Gasteiger partial charge >= 0.3 is 0 Å². The molecule has 2 N–H and O–H groups in total. The number of guanidine groups is 1. The highest BCUT2D eigenvalue weighted by atomic mass is 127. The molecule has 0 saturated heterocycles. The van der Waals surface area contributed by atoms with Crippen molar-refractivity contribution in [1.82, 2.24) is 15.8 Å². The molecule has 0 radical (unpaired) electrons. The Hall–Kier alpha value is -0.830. The Morgan fingerprint density at radius 2 is 2.19 bits per heavy atom. The second-order valence-electron chi connectivity index (χ2n) is 4.87. The van der Waals surface area contributed by atoms with Crippen LogP contribution >= 0.6 is 24.0 Å². The van der Waals surface area contributed by atoms with Gasteiger partial charge in [0.15, 0.2) is 5.96 Å². The van der Waals surface area contributed by atoms with Crippen molar-refractivity contribution in [3.63, 3.8) is 0 Å². The molecule has 1 rings (SSSR count). The summed E-state index contributed by atoms with van der Waals surface area (Å²) in [5.41, 5.74) is 0.849. The zero-order valence-corrected chi connectivity index (χ0v) is 15.6. The number of hydrogen-bond donors (Lipinski definition) is 2. The van der Waals surface area contributed by atoms with Gasteiger partial charge in [0.25, 0.3) is 0 Å². The summed E-state index contributed by atoms with van der Waals surface area (Å²) in [4.78, 5) is 4.17. The van der Waals surface area contributed by atoms with Gasteiger partial charge < -0.3 is 19.9 Å². The van der Waals surface area contributed by atoms with Crippen LogP contribution in [0.15, 0.2) is 21.8 Å². The first-order valence-electron chi connectivity index (χ1n) is 7.12. The third-order valence-electron chi connectivity index (χ3n) is 3.00. The summed E-state index contributed by atoms with van der Waals surface area (Å²) in [6, 6.07) is 1.82. The van der Waals surface area contributed by atoms with Crippen LogP contribution in [0.1, 0.15) is 32.9 Å². The summed E-state index contributed by atoms with van der Waals surface area (Å²) >= 11 is 0. The number of ether oxygens (including phenoxy) is 1. The number of aliphatic imine (C=N–C) groups is 1. The first-order valence-corrected chi connectivity index (χ1v) is 7.12. The lowest BCUT2D eigenvalue weighted by Gasteiger charge is -2.21. The molecule has 0 aliphatic rings. The molecule has 0 spiro atoms. The van der Waals surface area contributed by atoms with Crippen molar-refractivity contribution in [3.8, 4) is 0 Å². The zero-order chi connectivity index (χ0) is 14.8. The van der Waals surface area contributed by atoms with E-state index in [1.165, 1.54) is 0 Å². The van der Waals surface area contributed by atoms with E-state index in [0.717, 1.165) is 31.2 Å². The van der Waals surface area contributed by atoms with Gasteiger partial charge in [0, 0.05) is 26.3 Å². The third kappa shape index (κ3) is 8.25. The van der Waals surface area contributed by atoms with Crippen molar-refractivity contribution in [3.05, 3.63) is 18.0 Å². The molecule has 0 aliphatic carbocycles. The topological polar surface area (TPSA) is 71.7 Å². The van der Waals surface area contributed by atoms with E-state index in [1.807, 2.05) is 13.0 Å². The average molecular weight is 410 g/mol. The summed E-state index contributed by atoms with van der Waals surface area (Å²) in [6.45, 7) is 8.55. The van der Waals surface area contributed by atoms with Crippen molar-refractivity contribution in [2.45, 2.75) is 39.8 Å². The van der Waals surface area contributed by atoms with Crippen LogP contribution < -0.4 is 10.6 Å². The summed E-state index contributed by atoms with van der Waals surface area (Å²) in [7, 11) is 1.75. The number of rotatable bonds is 8. The molecule has 0 saturated carbocycles. The van der Waals surface area contributed by atoms with Gasteiger partial charge in [0.1, 0.15) is 12.0 Å². The van der Waals surface area contributed by atoms with Gasteiger partial charge in [-0.3, -0.25) is 4.99 Å². The quantitative estimate of drug-likeness (QED) is 0.391. The summed E-state index contributed by atoms with van der Waals surface area (Å²) in [5.74, 6) is 1.27. The molecule has 1 unspecified atom stereocenters. The van der Waals surface area contributed by atoms with Gasteiger partial charge in [0.2, 0.25) is 0 Å². The minimum Gasteiger partial charge on any atom is -0.378 e. The van der Waals surface area contributed by atoms with Crippen LogP contribution in [0.5, 0.6) is 0 Å². The Kier molecular flexibility index (Phi) is 11.3. The van der Waals surface area contributed by atoms with Crippen molar-refractivity contribution in [2.24, 2.45) is 10.9 Å². The van der Waals surface area contributed by atoms with Crippen LogP contribution in [-0.4, -0.2) is 37.4 Å². The monoisotopic (exact) mass is 410 g/mol. The Morgan fingerprint density at radius 1 is 1.43 bits per heavy atom. The maximum atomic E-state index is 5.72. The highest BCUT2D eigenvalue weighted by Crippen LogP contribution is 2.09. The molecule has 0 aromatic carbocycles. The molecule has 1 aromatic heterocycles. The van der Waals surface area contributed by atoms with Crippen molar-refractivity contribution in [1.29, 1.82) is 0 Å². The van der Waals surface area contributed by atoms with E-state index in [0.29, 0.717) is 12.5 Å². The summed E-state index contributed by atoms with van der Waals surface area (Å²) in [5, 5.41) is 10.3. The molecule has 0 amide bonds. The van der Waals surface area contributed by atoms with Gasteiger partial charge in [-0.15, -0.1) is 24.0 Å². The fourth-order valence-electron chi connectivity index (χ4n) is 1.88. The number of nitrogens with zero attached hydrogens (tertiary/aromatic N) is 2. The Bertz CT molecular complexity index is 382. The van der Waals surface area contributed by atoms with E-state index in [2.05, 4.69) is 34.6 Å². The van der Waals surface area contributed by atoms with E-state index in [-0.39, 0.29) is 30.1 Å². The molecule has 122 valence electrons. The maximum Gasteiger partial charge on any atom is 0.191 e. The second kappa shape index (κ2) is 11.8. The van der Waals surface area contributed by atoms with E-state index >= 15 is 0 Å². The number of halogens is 1. The normalized spacial score (nSPS) is 12.9. The van der Waals surface area contributed by atoms with Crippen molar-refractivity contribution in [2.75, 3.05) is 20.2 Å². The molecule has 21 heavy (non-hydrogen) atoms. The van der Waals surface area contributed by atoms with Crippen molar-refractivity contribution >= 4 is 29.9 Å². The van der Waals surface area contributed by atoms with Gasteiger partial charge in [-0.25, -0.2) is 0 Å².